The van der Waals surface area contributed by atoms with E-state index in [0.29, 0.717) is 17.2 Å². The third kappa shape index (κ3) is 3.89. The Balaban J connectivity index is 1.63. The number of esters is 1. The average molecular weight is 321 g/mol. The van der Waals surface area contributed by atoms with Crippen molar-refractivity contribution in [1.29, 1.82) is 0 Å². The molecule has 0 fully saturated rings. The van der Waals surface area contributed by atoms with Gasteiger partial charge in [-0.25, -0.2) is 4.79 Å². The fourth-order valence-electron chi connectivity index (χ4n) is 2.19. The molecule has 3 rings (SSSR count). The van der Waals surface area contributed by atoms with Crippen LogP contribution in [0, 0.1) is 0 Å². The van der Waals surface area contributed by atoms with Gasteiger partial charge in [0.05, 0.1) is 0 Å². The van der Waals surface area contributed by atoms with Crippen LogP contribution in [-0.2, 0) is 9.59 Å². The van der Waals surface area contributed by atoms with Gasteiger partial charge in [0.15, 0.2) is 0 Å². The maximum absolute atomic E-state index is 11.8. The number of carbonyl (C=O) groups is 2. The quantitative estimate of drug-likeness (QED) is 0.448. The van der Waals surface area contributed by atoms with Crippen molar-refractivity contribution >= 4 is 34.6 Å². The molecular formula is C19H15NO4. The number of benzene rings is 2. The molecule has 5 heteroatoms. The summed E-state index contributed by atoms with van der Waals surface area (Å²) in [5, 5.41) is 3.61. The molecule has 0 unspecified atom stereocenters. The number of nitrogens with one attached hydrogen (secondary N) is 1. The zero-order valence-electron chi connectivity index (χ0n) is 13.0. The second-order valence-corrected chi connectivity index (χ2v) is 5.15. The Morgan fingerprint density at radius 2 is 1.83 bits per heavy atom. The lowest BCUT2D eigenvalue weighted by atomic mass is 10.2. The monoisotopic (exact) mass is 321 g/mol. The fraction of sp³-hybridized carbons (Fsp3) is 0.0526. The molecule has 1 amide bonds. The van der Waals surface area contributed by atoms with E-state index in [2.05, 4.69) is 5.32 Å². The summed E-state index contributed by atoms with van der Waals surface area (Å²) in [5.74, 6) is 0.300. The van der Waals surface area contributed by atoms with Crippen LogP contribution in [-0.4, -0.2) is 11.9 Å². The average Bonchev–Trinajstić information content (AvgIpc) is 2.97. The normalized spacial score (nSPS) is 10.9. The van der Waals surface area contributed by atoms with E-state index in [1.54, 1.807) is 30.3 Å². The summed E-state index contributed by atoms with van der Waals surface area (Å²) in [7, 11) is 0. The van der Waals surface area contributed by atoms with Crippen molar-refractivity contribution in [1.82, 2.24) is 0 Å². The van der Waals surface area contributed by atoms with Crippen LogP contribution in [0.15, 0.2) is 65.1 Å². The van der Waals surface area contributed by atoms with Gasteiger partial charge >= 0.3 is 5.97 Å². The number of hydrogen-bond acceptors (Lipinski definition) is 4. The summed E-state index contributed by atoms with van der Waals surface area (Å²) in [6, 6.07) is 16.0. The summed E-state index contributed by atoms with van der Waals surface area (Å²) in [4.78, 5) is 22.8. The molecule has 2 aromatic carbocycles. The largest absolute Gasteiger partial charge is 0.457 e. The van der Waals surface area contributed by atoms with E-state index >= 15 is 0 Å². The van der Waals surface area contributed by atoms with Crippen LogP contribution in [0.5, 0.6) is 5.75 Å². The van der Waals surface area contributed by atoms with E-state index in [-0.39, 0.29) is 5.91 Å². The minimum Gasteiger partial charge on any atom is -0.457 e. The van der Waals surface area contributed by atoms with Crippen molar-refractivity contribution in [3.05, 3.63) is 66.4 Å². The first-order valence-corrected chi connectivity index (χ1v) is 7.36. The van der Waals surface area contributed by atoms with Gasteiger partial charge in [-0.1, -0.05) is 18.2 Å². The fourth-order valence-corrected chi connectivity index (χ4v) is 2.19. The van der Waals surface area contributed by atoms with Crippen molar-refractivity contribution < 1.29 is 18.7 Å². The predicted molar refractivity (Wildman–Crippen MR) is 91.6 cm³/mol. The second kappa shape index (κ2) is 6.83. The SMILES string of the molecule is CC(=O)Nc1ccc(OC(=O)/C=C/c2cc3ccccc3o2)cc1. The first-order chi connectivity index (χ1) is 11.6. The Morgan fingerprint density at radius 1 is 1.08 bits per heavy atom. The van der Waals surface area contributed by atoms with E-state index in [1.807, 2.05) is 30.3 Å². The van der Waals surface area contributed by atoms with Crippen LogP contribution in [0.2, 0.25) is 0 Å². The van der Waals surface area contributed by atoms with Gasteiger partial charge in [-0.15, -0.1) is 0 Å². The first-order valence-electron chi connectivity index (χ1n) is 7.36. The van der Waals surface area contributed by atoms with Crippen LogP contribution in [0.3, 0.4) is 0 Å². The third-order valence-corrected chi connectivity index (χ3v) is 3.22. The van der Waals surface area contributed by atoms with Gasteiger partial charge in [-0.05, 0) is 42.5 Å². The molecule has 0 spiro atoms. The van der Waals surface area contributed by atoms with Crippen LogP contribution >= 0.6 is 0 Å². The van der Waals surface area contributed by atoms with E-state index in [4.69, 9.17) is 9.15 Å². The highest BCUT2D eigenvalue weighted by Crippen LogP contribution is 2.20. The van der Waals surface area contributed by atoms with Gasteiger partial charge < -0.3 is 14.5 Å². The zero-order chi connectivity index (χ0) is 16.9. The van der Waals surface area contributed by atoms with E-state index in [9.17, 15) is 9.59 Å². The molecule has 0 atom stereocenters. The predicted octanol–water partition coefficient (Wildman–Crippen LogP) is 4.01. The number of rotatable bonds is 4. The molecule has 1 heterocycles. The summed E-state index contributed by atoms with van der Waals surface area (Å²) < 4.78 is 10.8. The number of carbonyl (C=O) groups excluding carboxylic acids is 2. The van der Waals surface area contributed by atoms with Gasteiger partial charge in [0.2, 0.25) is 5.91 Å². The Kier molecular flexibility index (Phi) is 4.43. The Hall–Kier alpha value is -3.34. The molecule has 0 saturated heterocycles. The van der Waals surface area contributed by atoms with Gasteiger partial charge in [0.25, 0.3) is 0 Å². The molecule has 0 radical (unpaired) electrons. The highest BCUT2D eigenvalue weighted by Gasteiger charge is 2.04. The van der Waals surface area contributed by atoms with E-state index < -0.39 is 5.97 Å². The van der Waals surface area contributed by atoms with Gasteiger partial charge in [0, 0.05) is 24.1 Å². The van der Waals surface area contributed by atoms with E-state index in [0.717, 1.165) is 11.0 Å². The molecule has 1 aromatic heterocycles. The maximum atomic E-state index is 11.8. The topological polar surface area (TPSA) is 68.5 Å². The summed E-state index contributed by atoms with van der Waals surface area (Å²) in [6.45, 7) is 1.43. The first kappa shape index (κ1) is 15.6. The number of ether oxygens (including phenoxy) is 1. The van der Waals surface area contributed by atoms with Crippen LogP contribution in [0.25, 0.3) is 17.0 Å². The molecule has 24 heavy (non-hydrogen) atoms. The molecule has 0 saturated carbocycles. The lowest BCUT2D eigenvalue weighted by molar-refractivity contribution is -0.128. The van der Waals surface area contributed by atoms with Gasteiger partial charge in [-0.3, -0.25) is 4.79 Å². The zero-order valence-corrected chi connectivity index (χ0v) is 13.0. The van der Waals surface area contributed by atoms with Crippen LogP contribution in [0.4, 0.5) is 5.69 Å². The Morgan fingerprint density at radius 3 is 2.54 bits per heavy atom. The molecule has 5 nitrogen and oxygen atoms in total. The minimum atomic E-state index is -0.511. The lowest BCUT2D eigenvalue weighted by Crippen LogP contribution is -2.06. The highest BCUT2D eigenvalue weighted by atomic mass is 16.5. The van der Waals surface area contributed by atoms with Crippen molar-refractivity contribution in [2.24, 2.45) is 0 Å². The molecule has 0 aliphatic heterocycles. The summed E-state index contributed by atoms with van der Waals surface area (Å²) in [5.41, 5.74) is 1.40. The Bertz CT molecular complexity index is 874. The maximum Gasteiger partial charge on any atom is 0.336 e. The molecule has 0 bridgehead atoms. The van der Waals surface area contributed by atoms with Crippen LogP contribution in [0.1, 0.15) is 12.7 Å². The number of anilines is 1. The Labute approximate surface area is 138 Å². The molecule has 0 aliphatic rings. The van der Waals surface area contributed by atoms with Gasteiger partial charge in [0.1, 0.15) is 17.1 Å². The number of furan rings is 1. The molecule has 120 valence electrons. The summed E-state index contributed by atoms with van der Waals surface area (Å²) >= 11 is 0. The van der Waals surface area contributed by atoms with E-state index in [1.165, 1.54) is 13.0 Å². The number of amides is 1. The number of para-hydroxylation sites is 1. The van der Waals surface area contributed by atoms with Gasteiger partial charge in [-0.2, -0.15) is 0 Å². The van der Waals surface area contributed by atoms with Crippen molar-refractivity contribution in [2.45, 2.75) is 6.92 Å². The lowest BCUT2D eigenvalue weighted by Gasteiger charge is -2.04. The van der Waals surface area contributed by atoms with Crippen LogP contribution < -0.4 is 10.1 Å². The summed E-state index contributed by atoms with van der Waals surface area (Å²) in [6.07, 6.45) is 2.87. The smallest absolute Gasteiger partial charge is 0.336 e. The highest BCUT2D eigenvalue weighted by molar-refractivity contribution is 5.90. The number of fused-ring (bicyclic) bond motifs is 1. The third-order valence-electron chi connectivity index (χ3n) is 3.22. The standard InChI is InChI=1S/C19H15NO4/c1-13(21)20-15-6-8-16(9-7-15)24-19(22)11-10-17-12-14-4-2-3-5-18(14)23-17/h2-12H,1H3,(H,20,21)/b11-10+. The second-order valence-electron chi connectivity index (χ2n) is 5.15. The number of hydrogen-bond donors (Lipinski definition) is 1. The molecule has 1 N–H and O–H groups in total. The van der Waals surface area contributed by atoms with Crippen molar-refractivity contribution in [3.63, 3.8) is 0 Å². The molecular weight excluding hydrogens is 306 g/mol. The van der Waals surface area contributed by atoms with Crippen molar-refractivity contribution in [3.8, 4) is 5.75 Å². The molecule has 3 aromatic rings. The molecule has 0 aliphatic carbocycles. The van der Waals surface area contributed by atoms with Crippen molar-refractivity contribution in [2.75, 3.05) is 5.32 Å². The minimum absolute atomic E-state index is 0.159.